The zero-order chi connectivity index (χ0) is 10.0. The molecular weight excluding hydrogens is 298 g/mol. The number of halogens is 2. The van der Waals surface area contributed by atoms with Gasteiger partial charge >= 0.3 is 0 Å². The molecule has 0 amide bonds. The zero-order valence-electron chi connectivity index (χ0n) is 7.22. The van der Waals surface area contributed by atoms with Crippen LogP contribution < -0.4 is 11.5 Å². The van der Waals surface area contributed by atoms with Gasteiger partial charge in [0.15, 0.2) is 0 Å². The lowest BCUT2D eigenvalue weighted by molar-refractivity contribution is 0.705. The number of pyridine rings is 1. The molecule has 0 unspecified atom stereocenters. The Bertz CT molecular complexity index is 315. The van der Waals surface area contributed by atoms with Crippen molar-refractivity contribution in [3.63, 3.8) is 0 Å². The van der Waals surface area contributed by atoms with Crippen molar-refractivity contribution >= 4 is 31.9 Å². The van der Waals surface area contributed by atoms with Crippen LogP contribution in [0, 0.1) is 6.92 Å². The Morgan fingerprint density at radius 1 is 1.54 bits per heavy atom. The van der Waals surface area contributed by atoms with Gasteiger partial charge in [0.05, 0.1) is 11.7 Å². The first-order valence-corrected chi connectivity index (χ1v) is 5.42. The monoisotopic (exact) mass is 307 g/mol. The first-order valence-electron chi connectivity index (χ1n) is 3.84. The molecular formula is C8H11Br2N3. The minimum atomic E-state index is -0.207. The average Bonchev–Trinajstić information content (AvgIpc) is 2.13. The quantitative estimate of drug-likeness (QED) is 0.876. The van der Waals surface area contributed by atoms with Crippen LogP contribution in [0.4, 0.5) is 0 Å². The summed E-state index contributed by atoms with van der Waals surface area (Å²) in [5, 5.41) is 0. The van der Waals surface area contributed by atoms with Gasteiger partial charge in [-0.25, -0.2) is 0 Å². The Kier molecular flexibility index (Phi) is 3.85. The summed E-state index contributed by atoms with van der Waals surface area (Å²) in [6.07, 6.45) is 1.74. The van der Waals surface area contributed by atoms with Crippen molar-refractivity contribution in [2.75, 3.05) is 6.54 Å². The van der Waals surface area contributed by atoms with E-state index in [4.69, 9.17) is 11.5 Å². The summed E-state index contributed by atoms with van der Waals surface area (Å²) in [7, 11) is 0. The fourth-order valence-electron chi connectivity index (χ4n) is 0.947. The third-order valence-electron chi connectivity index (χ3n) is 1.83. The third-order valence-corrected chi connectivity index (χ3v) is 3.63. The van der Waals surface area contributed by atoms with Crippen LogP contribution in [-0.4, -0.2) is 11.5 Å². The Hall–Kier alpha value is 0.0300. The topological polar surface area (TPSA) is 64.9 Å². The molecule has 5 heteroatoms. The maximum Gasteiger partial charge on any atom is 0.0729 e. The second kappa shape index (κ2) is 4.50. The van der Waals surface area contributed by atoms with E-state index in [-0.39, 0.29) is 6.04 Å². The smallest absolute Gasteiger partial charge is 0.0729 e. The van der Waals surface area contributed by atoms with E-state index in [0.29, 0.717) is 6.54 Å². The van der Waals surface area contributed by atoms with E-state index < -0.39 is 0 Å². The predicted octanol–water partition coefficient (Wildman–Crippen LogP) is 1.87. The van der Waals surface area contributed by atoms with E-state index in [9.17, 15) is 0 Å². The maximum atomic E-state index is 5.78. The summed E-state index contributed by atoms with van der Waals surface area (Å²) < 4.78 is 1.90. The second-order valence-corrected chi connectivity index (χ2v) is 4.42. The van der Waals surface area contributed by atoms with Gasteiger partial charge in [0.2, 0.25) is 0 Å². The Balaban J connectivity index is 3.18. The van der Waals surface area contributed by atoms with Crippen molar-refractivity contribution in [1.29, 1.82) is 0 Å². The molecule has 0 radical (unpaired) electrons. The molecule has 13 heavy (non-hydrogen) atoms. The average molecular weight is 309 g/mol. The number of nitrogens with zero attached hydrogens (tertiary/aromatic N) is 1. The molecule has 3 nitrogen and oxygen atoms in total. The SMILES string of the molecule is Cc1c(Br)cnc([C@H](N)CN)c1Br. The molecule has 0 aliphatic heterocycles. The highest BCUT2D eigenvalue weighted by Crippen LogP contribution is 2.28. The van der Waals surface area contributed by atoms with Gasteiger partial charge in [-0.15, -0.1) is 0 Å². The second-order valence-electron chi connectivity index (χ2n) is 2.77. The van der Waals surface area contributed by atoms with Crippen molar-refractivity contribution in [3.8, 4) is 0 Å². The van der Waals surface area contributed by atoms with Gasteiger partial charge in [-0.1, -0.05) is 0 Å². The number of aromatic nitrogens is 1. The van der Waals surface area contributed by atoms with Crippen LogP contribution in [0.15, 0.2) is 15.1 Å². The first kappa shape index (κ1) is 11.1. The minimum absolute atomic E-state index is 0.207. The van der Waals surface area contributed by atoms with Gasteiger partial charge in [0.1, 0.15) is 0 Å². The largest absolute Gasteiger partial charge is 0.329 e. The van der Waals surface area contributed by atoms with E-state index in [0.717, 1.165) is 20.2 Å². The molecule has 1 aromatic rings. The highest BCUT2D eigenvalue weighted by Gasteiger charge is 2.12. The molecule has 0 saturated heterocycles. The number of rotatable bonds is 2. The molecule has 0 aromatic carbocycles. The van der Waals surface area contributed by atoms with Crippen LogP contribution in [0.25, 0.3) is 0 Å². The molecule has 0 spiro atoms. The maximum absolute atomic E-state index is 5.78. The van der Waals surface area contributed by atoms with Crippen molar-refractivity contribution < 1.29 is 0 Å². The Morgan fingerprint density at radius 3 is 2.69 bits per heavy atom. The number of hydrogen-bond acceptors (Lipinski definition) is 3. The Morgan fingerprint density at radius 2 is 2.15 bits per heavy atom. The van der Waals surface area contributed by atoms with Crippen LogP contribution in [0.1, 0.15) is 17.3 Å². The van der Waals surface area contributed by atoms with Crippen LogP contribution in [-0.2, 0) is 0 Å². The summed E-state index contributed by atoms with van der Waals surface area (Å²) in [4.78, 5) is 4.21. The van der Waals surface area contributed by atoms with E-state index in [1.54, 1.807) is 6.20 Å². The molecule has 0 aliphatic rings. The zero-order valence-corrected chi connectivity index (χ0v) is 10.4. The minimum Gasteiger partial charge on any atom is -0.329 e. The van der Waals surface area contributed by atoms with E-state index >= 15 is 0 Å². The first-order chi connectivity index (χ1) is 6.07. The highest BCUT2D eigenvalue weighted by atomic mass is 79.9. The molecule has 4 N–H and O–H groups in total. The summed E-state index contributed by atoms with van der Waals surface area (Å²) >= 11 is 6.83. The molecule has 1 aromatic heterocycles. The molecule has 1 atom stereocenters. The van der Waals surface area contributed by atoms with Gasteiger partial charge in [0.25, 0.3) is 0 Å². The normalized spacial score (nSPS) is 13.0. The number of hydrogen-bond donors (Lipinski definition) is 2. The van der Waals surface area contributed by atoms with Crippen molar-refractivity contribution in [2.45, 2.75) is 13.0 Å². The molecule has 72 valence electrons. The summed E-state index contributed by atoms with van der Waals surface area (Å²) in [5.41, 5.74) is 13.1. The lowest BCUT2D eigenvalue weighted by Gasteiger charge is -2.12. The van der Waals surface area contributed by atoms with Crippen LogP contribution in [0.3, 0.4) is 0 Å². The lowest BCUT2D eigenvalue weighted by Crippen LogP contribution is -2.22. The molecule has 1 rings (SSSR count). The van der Waals surface area contributed by atoms with Crippen LogP contribution in [0.5, 0.6) is 0 Å². The summed E-state index contributed by atoms with van der Waals surface area (Å²) in [5.74, 6) is 0. The molecule has 1 heterocycles. The van der Waals surface area contributed by atoms with E-state index in [2.05, 4.69) is 36.8 Å². The van der Waals surface area contributed by atoms with E-state index in [1.165, 1.54) is 0 Å². The Labute approximate surface area is 94.2 Å². The molecule has 0 fully saturated rings. The molecule has 0 aliphatic carbocycles. The predicted molar refractivity (Wildman–Crippen MR) is 60.4 cm³/mol. The standard InChI is InChI=1S/C8H11Br2N3/c1-4-5(9)3-13-8(7(4)10)6(12)2-11/h3,6H,2,11-12H2,1H3/t6-/m1/s1. The van der Waals surface area contributed by atoms with E-state index in [1.807, 2.05) is 6.92 Å². The van der Waals surface area contributed by atoms with Crippen molar-refractivity contribution in [1.82, 2.24) is 4.98 Å². The lowest BCUT2D eigenvalue weighted by atomic mass is 10.1. The molecule has 0 bridgehead atoms. The fourth-order valence-corrected chi connectivity index (χ4v) is 2.12. The summed E-state index contributed by atoms with van der Waals surface area (Å²) in [6, 6.07) is -0.207. The van der Waals surface area contributed by atoms with Gasteiger partial charge in [0, 0.05) is 21.7 Å². The fraction of sp³-hybridized carbons (Fsp3) is 0.375. The van der Waals surface area contributed by atoms with Gasteiger partial charge < -0.3 is 11.5 Å². The third kappa shape index (κ3) is 2.28. The summed E-state index contributed by atoms with van der Waals surface area (Å²) in [6.45, 7) is 2.38. The van der Waals surface area contributed by atoms with Crippen molar-refractivity contribution in [3.05, 3.63) is 26.4 Å². The molecule has 0 saturated carbocycles. The van der Waals surface area contributed by atoms with Gasteiger partial charge in [-0.05, 0) is 44.3 Å². The van der Waals surface area contributed by atoms with Crippen LogP contribution in [0.2, 0.25) is 0 Å². The van der Waals surface area contributed by atoms with Crippen molar-refractivity contribution in [2.24, 2.45) is 11.5 Å². The van der Waals surface area contributed by atoms with Crippen LogP contribution >= 0.6 is 31.9 Å². The highest BCUT2D eigenvalue weighted by molar-refractivity contribution is 9.11. The van der Waals surface area contributed by atoms with Gasteiger partial charge in [-0.3, -0.25) is 4.98 Å². The van der Waals surface area contributed by atoms with Gasteiger partial charge in [-0.2, -0.15) is 0 Å². The number of nitrogens with two attached hydrogens (primary N) is 2.